The van der Waals surface area contributed by atoms with Crippen LogP contribution >= 0.6 is 0 Å². The number of rotatable bonds is 7. The van der Waals surface area contributed by atoms with Crippen molar-refractivity contribution in [2.75, 3.05) is 10.6 Å². The van der Waals surface area contributed by atoms with E-state index in [2.05, 4.69) is 73.6 Å². The van der Waals surface area contributed by atoms with E-state index in [4.69, 9.17) is 5.10 Å². The number of fused-ring (bicyclic) bond motifs is 1. The van der Waals surface area contributed by atoms with Crippen LogP contribution in [0.3, 0.4) is 0 Å². The summed E-state index contributed by atoms with van der Waals surface area (Å²) in [6, 6.07) is 26.3. The third-order valence-electron chi connectivity index (χ3n) is 6.92. The van der Waals surface area contributed by atoms with Gasteiger partial charge in [-0.3, -0.25) is 10.3 Å². The molecule has 0 bridgehead atoms. The number of urea groups is 1. The molecule has 0 spiro atoms. The van der Waals surface area contributed by atoms with Crippen LogP contribution in [0.15, 0.2) is 91.3 Å². The smallest absolute Gasteiger partial charge is 0.307 e. The summed E-state index contributed by atoms with van der Waals surface area (Å²) in [6.07, 6.45) is 6.69. The number of carbonyl (C=O) groups is 1. The van der Waals surface area contributed by atoms with E-state index in [-0.39, 0.29) is 11.4 Å². The molecule has 0 unspecified atom stereocenters. The van der Waals surface area contributed by atoms with Crippen molar-refractivity contribution in [3.05, 3.63) is 114 Å². The largest absolute Gasteiger partial charge is 0.324 e. The van der Waals surface area contributed by atoms with Crippen molar-refractivity contribution in [1.29, 1.82) is 0 Å². The van der Waals surface area contributed by atoms with E-state index in [1.54, 1.807) is 4.68 Å². The van der Waals surface area contributed by atoms with Crippen LogP contribution in [0.1, 0.15) is 49.6 Å². The SMILES string of the molecule is Cc1ccc(-n2nc(C(C)(C)C)cc2NC(=O)Nc2ccc(CCCc3ccncc3)c3ccccc23)cc1. The second kappa shape index (κ2) is 11.1. The lowest BCUT2D eigenvalue weighted by Gasteiger charge is -2.14. The molecule has 0 aliphatic rings. The van der Waals surface area contributed by atoms with Gasteiger partial charge in [0.25, 0.3) is 0 Å². The molecule has 5 rings (SSSR count). The number of anilines is 2. The number of nitrogens with one attached hydrogen (secondary N) is 2. The summed E-state index contributed by atoms with van der Waals surface area (Å²) in [5.74, 6) is 0.623. The van der Waals surface area contributed by atoms with Crippen LogP contribution in [-0.2, 0) is 18.3 Å². The highest BCUT2D eigenvalue weighted by Gasteiger charge is 2.22. The molecule has 5 aromatic rings. The van der Waals surface area contributed by atoms with E-state index in [1.807, 2.05) is 60.9 Å². The molecule has 6 nitrogen and oxygen atoms in total. The maximum Gasteiger partial charge on any atom is 0.324 e. The fourth-order valence-electron chi connectivity index (χ4n) is 4.71. The molecule has 6 heteroatoms. The van der Waals surface area contributed by atoms with Gasteiger partial charge in [0.1, 0.15) is 5.82 Å². The lowest BCUT2D eigenvalue weighted by molar-refractivity contribution is 0.262. The molecule has 198 valence electrons. The number of carbonyl (C=O) groups excluding carboxylic acids is 1. The van der Waals surface area contributed by atoms with Crippen molar-refractivity contribution >= 4 is 28.3 Å². The van der Waals surface area contributed by atoms with Crippen LogP contribution in [0.5, 0.6) is 0 Å². The van der Waals surface area contributed by atoms with Crippen LogP contribution in [0, 0.1) is 6.92 Å². The Kier molecular flexibility index (Phi) is 7.46. The third kappa shape index (κ3) is 6.17. The summed E-state index contributed by atoms with van der Waals surface area (Å²) in [5, 5.41) is 13.1. The Morgan fingerprint density at radius 2 is 1.56 bits per heavy atom. The van der Waals surface area contributed by atoms with E-state index >= 15 is 0 Å². The topological polar surface area (TPSA) is 71.8 Å². The number of aromatic nitrogens is 3. The normalized spacial score (nSPS) is 11.5. The summed E-state index contributed by atoms with van der Waals surface area (Å²) in [5.41, 5.74) is 6.15. The zero-order valence-electron chi connectivity index (χ0n) is 23.0. The maximum absolute atomic E-state index is 13.3. The van der Waals surface area contributed by atoms with Gasteiger partial charge >= 0.3 is 6.03 Å². The molecule has 2 heterocycles. The molecule has 2 N–H and O–H groups in total. The number of aryl methyl sites for hydroxylation is 3. The summed E-state index contributed by atoms with van der Waals surface area (Å²) in [7, 11) is 0. The van der Waals surface area contributed by atoms with Crippen molar-refractivity contribution in [3.63, 3.8) is 0 Å². The summed E-state index contributed by atoms with van der Waals surface area (Å²) in [6.45, 7) is 8.40. The molecule has 2 amide bonds. The van der Waals surface area contributed by atoms with Gasteiger partial charge in [-0.25, -0.2) is 9.48 Å². The van der Waals surface area contributed by atoms with Crippen LogP contribution in [0.25, 0.3) is 16.5 Å². The standard InChI is InChI=1S/C33H35N5O/c1-23-12-15-26(16-13-23)38-31(22-30(37-38)33(2,3)4)36-32(39)35-29-17-14-25(27-10-5-6-11-28(27)29)9-7-8-24-18-20-34-21-19-24/h5-6,10-22H,7-9H2,1-4H3,(H2,35,36,39). The third-order valence-corrected chi connectivity index (χ3v) is 6.92. The fourth-order valence-corrected chi connectivity index (χ4v) is 4.71. The van der Waals surface area contributed by atoms with Gasteiger partial charge in [0.05, 0.1) is 17.1 Å². The van der Waals surface area contributed by atoms with Crippen molar-refractivity contribution in [1.82, 2.24) is 14.8 Å². The van der Waals surface area contributed by atoms with Crippen LogP contribution in [0.4, 0.5) is 16.3 Å². The first-order chi connectivity index (χ1) is 18.8. The number of pyridine rings is 1. The Balaban J connectivity index is 1.36. The second-order valence-electron chi connectivity index (χ2n) is 11.0. The van der Waals surface area contributed by atoms with Gasteiger partial charge in [-0.2, -0.15) is 5.10 Å². The molecule has 39 heavy (non-hydrogen) atoms. The predicted octanol–water partition coefficient (Wildman–Crippen LogP) is 7.85. The first-order valence-corrected chi connectivity index (χ1v) is 13.4. The molecular formula is C33H35N5O. The average Bonchev–Trinajstić information content (AvgIpc) is 3.35. The highest BCUT2D eigenvalue weighted by Crippen LogP contribution is 2.29. The van der Waals surface area contributed by atoms with E-state index in [9.17, 15) is 4.79 Å². The van der Waals surface area contributed by atoms with Gasteiger partial charge in [0.15, 0.2) is 0 Å². The highest BCUT2D eigenvalue weighted by molar-refractivity contribution is 6.06. The molecule has 0 saturated carbocycles. The molecule has 0 fully saturated rings. The molecule has 0 aliphatic carbocycles. The van der Waals surface area contributed by atoms with E-state index < -0.39 is 0 Å². The fraction of sp³-hybridized carbons (Fsp3) is 0.242. The van der Waals surface area contributed by atoms with Crippen LogP contribution in [0.2, 0.25) is 0 Å². The molecule has 0 aliphatic heterocycles. The Bertz CT molecular complexity index is 1580. The lowest BCUT2D eigenvalue weighted by Crippen LogP contribution is -2.21. The van der Waals surface area contributed by atoms with Crippen molar-refractivity contribution in [3.8, 4) is 5.69 Å². The summed E-state index contributed by atoms with van der Waals surface area (Å²) < 4.78 is 1.80. The number of nitrogens with zero attached hydrogens (tertiary/aromatic N) is 3. The Hall–Kier alpha value is -4.45. The maximum atomic E-state index is 13.3. The predicted molar refractivity (Wildman–Crippen MR) is 160 cm³/mol. The lowest BCUT2D eigenvalue weighted by atomic mass is 9.92. The number of hydrogen-bond acceptors (Lipinski definition) is 3. The van der Waals surface area contributed by atoms with Gasteiger partial charge < -0.3 is 5.32 Å². The van der Waals surface area contributed by atoms with Crippen LogP contribution < -0.4 is 10.6 Å². The minimum Gasteiger partial charge on any atom is -0.307 e. The molecule has 0 saturated heterocycles. The molecule has 0 atom stereocenters. The van der Waals surface area contributed by atoms with Crippen molar-refractivity contribution in [2.24, 2.45) is 0 Å². The molecule has 2 aromatic heterocycles. The Morgan fingerprint density at radius 1 is 0.846 bits per heavy atom. The van der Waals surface area contributed by atoms with Gasteiger partial charge in [-0.05, 0) is 73.0 Å². The molecule has 0 radical (unpaired) electrons. The number of amides is 2. The first kappa shape index (κ1) is 26.2. The second-order valence-corrected chi connectivity index (χ2v) is 11.0. The summed E-state index contributed by atoms with van der Waals surface area (Å²) in [4.78, 5) is 17.4. The molecule has 3 aromatic carbocycles. The Labute approximate surface area is 230 Å². The minimum atomic E-state index is -0.306. The Morgan fingerprint density at radius 3 is 2.28 bits per heavy atom. The van der Waals surface area contributed by atoms with Gasteiger partial charge in [-0.1, -0.05) is 68.8 Å². The highest BCUT2D eigenvalue weighted by atomic mass is 16.2. The van der Waals surface area contributed by atoms with E-state index in [0.29, 0.717) is 5.82 Å². The number of benzene rings is 3. The van der Waals surface area contributed by atoms with Crippen molar-refractivity contribution in [2.45, 2.75) is 52.4 Å². The summed E-state index contributed by atoms with van der Waals surface area (Å²) >= 11 is 0. The van der Waals surface area contributed by atoms with Crippen LogP contribution in [-0.4, -0.2) is 20.8 Å². The monoisotopic (exact) mass is 517 g/mol. The minimum absolute atomic E-state index is 0.160. The van der Waals surface area contributed by atoms with Gasteiger partial charge in [0.2, 0.25) is 0 Å². The quantitative estimate of drug-likeness (QED) is 0.231. The zero-order valence-corrected chi connectivity index (χ0v) is 23.0. The van der Waals surface area contributed by atoms with Gasteiger partial charge in [0, 0.05) is 29.3 Å². The number of hydrogen-bond donors (Lipinski definition) is 2. The average molecular weight is 518 g/mol. The van der Waals surface area contributed by atoms with E-state index in [0.717, 1.165) is 47.1 Å². The first-order valence-electron chi connectivity index (χ1n) is 13.4. The zero-order chi connectivity index (χ0) is 27.4. The molecular weight excluding hydrogens is 482 g/mol. The van der Waals surface area contributed by atoms with E-state index in [1.165, 1.54) is 16.7 Å². The van der Waals surface area contributed by atoms with Crippen molar-refractivity contribution < 1.29 is 4.79 Å². The van der Waals surface area contributed by atoms with Gasteiger partial charge in [-0.15, -0.1) is 0 Å².